The summed E-state index contributed by atoms with van der Waals surface area (Å²) in [5, 5.41) is 14.9. The molecule has 2 N–H and O–H groups in total. The van der Waals surface area contributed by atoms with Gasteiger partial charge in [-0.15, -0.1) is 11.3 Å². The van der Waals surface area contributed by atoms with Gasteiger partial charge in [-0.3, -0.25) is 0 Å². The highest BCUT2D eigenvalue weighted by Crippen LogP contribution is 2.30. The molecular weight excluding hydrogens is 266 g/mol. The Balaban J connectivity index is 1.76. The second-order valence-corrected chi connectivity index (χ2v) is 7.15. The molecule has 0 saturated heterocycles. The molecule has 18 heavy (non-hydrogen) atoms. The van der Waals surface area contributed by atoms with Crippen LogP contribution in [0, 0.1) is 0 Å². The van der Waals surface area contributed by atoms with Crippen molar-refractivity contribution in [3.63, 3.8) is 0 Å². The van der Waals surface area contributed by atoms with Crippen LogP contribution in [-0.2, 0) is 6.54 Å². The summed E-state index contributed by atoms with van der Waals surface area (Å²) in [4.78, 5) is 11.9. The summed E-state index contributed by atoms with van der Waals surface area (Å²) in [6.07, 6.45) is 3.80. The first-order chi connectivity index (χ1) is 8.69. The van der Waals surface area contributed by atoms with E-state index in [4.69, 9.17) is 5.11 Å². The molecule has 1 saturated carbocycles. The minimum Gasteiger partial charge on any atom is -0.478 e. The average Bonchev–Trinajstić information content (AvgIpc) is 2.95. The number of aromatic carboxylic acids is 1. The molecule has 0 aromatic carbocycles. The molecule has 100 valence electrons. The van der Waals surface area contributed by atoms with Crippen molar-refractivity contribution in [2.75, 3.05) is 5.75 Å². The Hall–Kier alpha value is -0.520. The van der Waals surface area contributed by atoms with E-state index in [-0.39, 0.29) is 0 Å². The average molecular weight is 285 g/mol. The van der Waals surface area contributed by atoms with Crippen molar-refractivity contribution >= 4 is 29.1 Å². The van der Waals surface area contributed by atoms with E-state index in [2.05, 4.69) is 24.0 Å². The summed E-state index contributed by atoms with van der Waals surface area (Å²) >= 11 is 3.58. The van der Waals surface area contributed by atoms with Crippen molar-refractivity contribution in [3.05, 3.63) is 21.9 Å². The third kappa shape index (κ3) is 3.73. The predicted octanol–water partition coefficient (Wildman–Crippen LogP) is 3.21. The maximum absolute atomic E-state index is 10.8. The number of rotatable bonds is 6. The second-order valence-electron chi connectivity index (χ2n) is 4.58. The van der Waals surface area contributed by atoms with Gasteiger partial charge < -0.3 is 10.4 Å². The molecule has 1 fully saturated rings. The van der Waals surface area contributed by atoms with Gasteiger partial charge in [0.25, 0.3) is 0 Å². The van der Waals surface area contributed by atoms with Gasteiger partial charge in [0.2, 0.25) is 0 Å². The molecule has 0 radical (unpaired) electrons. The molecular formula is C13H19NO2S2. The first-order valence-corrected chi connectivity index (χ1v) is 8.27. The Labute approximate surface area is 116 Å². The van der Waals surface area contributed by atoms with Crippen LogP contribution in [0.3, 0.4) is 0 Å². The predicted molar refractivity (Wildman–Crippen MR) is 77.7 cm³/mol. The van der Waals surface area contributed by atoms with Crippen LogP contribution in [0.4, 0.5) is 0 Å². The fourth-order valence-corrected chi connectivity index (χ4v) is 4.29. The fourth-order valence-electron chi connectivity index (χ4n) is 2.34. The Bertz CT molecular complexity index is 405. The SMILES string of the molecule is CCSC1CCC(NCc2cc(C(=O)O)cs2)C1. The van der Waals surface area contributed by atoms with Gasteiger partial charge in [-0.25, -0.2) is 4.79 Å². The minimum absolute atomic E-state index is 0.405. The number of thioether (sulfide) groups is 1. The van der Waals surface area contributed by atoms with Gasteiger partial charge in [0, 0.05) is 28.1 Å². The number of carboxylic acids is 1. The Morgan fingerprint density at radius 3 is 3.11 bits per heavy atom. The normalized spacial score (nSPS) is 23.4. The van der Waals surface area contributed by atoms with Crippen molar-refractivity contribution in [3.8, 4) is 0 Å². The lowest BCUT2D eigenvalue weighted by Gasteiger charge is -2.12. The summed E-state index contributed by atoms with van der Waals surface area (Å²) in [5.41, 5.74) is 0.405. The fraction of sp³-hybridized carbons (Fsp3) is 0.615. The van der Waals surface area contributed by atoms with Crippen LogP contribution in [0.15, 0.2) is 11.4 Å². The molecule has 2 rings (SSSR count). The molecule has 0 bridgehead atoms. The van der Waals surface area contributed by atoms with Crippen LogP contribution in [0.5, 0.6) is 0 Å². The van der Waals surface area contributed by atoms with Gasteiger partial charge in [-0.05, 0) is 31.1 Å². The Kier molecular flexibility index (Phi) is 5.09. The van der Waals surface area contributed by atoms with Gasteiger partial charge in [0.1, 0.15) is 0 Å². The highest BCUT2D eigenvalue weighted by molar-refractivity contribution is 7.99. The van der Waals surface area contributed by atoms with Crippen molar-refractivity contribution in [1.82, 2.24) is 5.32 Å². The van der Waals surface area contributed by atoms with Crippen LogP contribution in [0.2, 0.25) is 0 Å². The highest BCUT2D eigenvalue weighted by Gasteiger charge is 2.24. The van der Waals surface area contributed by atoms with Gasteiger partial charge in [0.05, 0.1) is 5.56 Å². The largest absolute Gasteiger partial charge is 0.478 e. The van der Waals surface area contributed by atoms with E-state index in [1.54, 1.807) is 11.4 Å². The molecule has 0 amide bonds. The van der Waals surface area contributed by atoms with Crippen LogP contribution in [0.1, 0.15) is 41.4 Å². The van der Waals surface area contributed by atoms with Crippen molar-refractivity contribution < 1.29 is 9.90 Å². The summed E-state index contributed by atoms with van der Waals surface area (Å²) < 4.78 is 0. The number of hydrogen-bond donors (Lipinski definition) is 2. The molecule has 1 heterocycles. The standard InChI is InChI=1S/C13H19NO2S2/c1-2-17-11-4-3-10(6-11)14-7-12-5-9(8-18-12)13(15)16/h5,8,10-11,14H,2-4,6-7H2,1H3,(H,15,16). The van der Waals surface area contributed by atoms with E-state index < -0.39 is 5.97 Å². The van der Waals surface area contributed by atoms with Crippen LogP contribution < -0.4 is 5.32 Å². The van der Waals surface area contributed by atoms with Crippen LogP contribution >= 0.6 is 23.1 Å². The first kappa shape index (κ1) is 13.9. The van der Waals surface area contributed by atoms with Crippen LogP contribution in [-0.4, -0.2) is 28.1 Å². The van der Waals surface area contributed by atoms with Crippen LogP contribution in [0.25, 0.3) is 0 Å². The van der Waals surface area contributed by atoms with E-state index in [0.29, 0.717) is 11.6 Å². The number of thiophene rings is 1. The minimum atomic E-state index is -0.835. The van der Waals surface area contributed by atoms with Gasteiger partial charge in [-0.1, -0.05) is 6.92 Å². The first-order valence-electron chi connectivity index (χ1n) is 6.34. The lowest BCUT2D eigenvalue weighted by atomic mass is 10.2. The number of carbonyl (C=O) groups is 1. The molecule has 1 aliphatic carbocycles. The lowest BCUT2D eigenvalue weighted by molar-refractivity contribution is 0.0697. The number of carboxylic acid groups (broad SMARTS) is 1. The van der Waals surface area contributed by atoms with Gasteiger partial charge >= 0.3 is 5.97 Å². The van der Waals surface area contributed by atoms with Gasteiger partial charge in [-0.2, -0.15) is 11.8 Å². The second kappa shape index (κ2) is 6.59. The smallest absolute Gasteiger partial charge is 0.336 e. The van der Waals surface area contributed by atoms with E-state index in [1.807, 2.05) is 0 Å². The summed E-state index contributed by atoms with van der Waals surface area (Å²) in [6.45, 7) is 3.01. The maximum Gasteiger partial charge on any atom is 0.336 e. The number of nitrogens with one attached hydrogen (secondary N) is 1. The summed E-state index contributed by atoms with van der Waals surface area (Å²) in [6, 6.07) is 2.37. The summed E-state index contributed by atoms with van der Waals surface area (Å²) in [5.74, 6) is 0.363. The summed E-state index contributed by atoms with van der Waals surface area (Å²) in [7, 11) is 0. The lowest BCUT2D eigenvalue weighted by Crippen LogP contribution is -2.25. The molecule has 1 aromatic rings. The Morgan fingerprint density at radius 1 is 1.61 bits per heavy atom. The monoisotopic (exact) mass is 285 g/mol. The molecule has 1 aromatic heterocycles. The van der Waals surface area contributed by atoms with E-state index in [0.717, 1.165) is 16.7 Å². The molecule has 2 unspecified atom stereocenters. The maximum atomic E-state index is 10.8. The van der Waals surface area contributed by atoms with Crippen molar-refractivity contribution in [2.24, 2.45) is 0 Å². The molecule has 0 spiro atoms. The van der Waals surface area contributed by atoms with Crippen molar-refractivity contribution in [1.29, 1.82) is 0 Å². The topological polar surface area (TPSA) is 49.3 Å². The van der Waals surface area contributed by atoms with Gasteiger partial charge in [0.15, 0.2) is 0 Å². The van der Waals surface area contributed by atoms with E-state index in [1.165, 1.54) is 36.4 Å². The molecule has 5 heteroatoms. The third-order valence-electron chi connectivity index (χ3n) is 3.25. The molecule has 2 atom stereocenters. The van der Waals surface area contributed by atoms with Crippen molar-refractivity contribution in [2.45, 2.75) is 44.0 Å². The quantitative estimate of drug-likeness (QED) is 0.842. The number of hydrogen-bond acceptors (Lipinski definition) is 4. The zero-order valence-corrected chi connectivity index (χ0v) is 12.1. The molecule has 1 aliphatic rings. The third-order valence-corrected chi connectivity index (χ3v) is 5.42. The van der Waals surface area contributed by atoms with E-state index in [9.17, 15) is 4.79 Å². The Morgan fingerprint density at radius 2 is 2.44 bits per heavy atom. The van der Waals surface area contributed by atoms with E-state index >= 15 is 0 Å². The highest BCUT2D eigenvalue weighted by atomic mass is 32.2. The zero-order valence-electron chi connectivity index (χ0n) is 10.5. The zero-order chi connectivity index (χ0) is 13.0. The molecule has 3 nitrogen and oxygen atoms in total. The molecule has 0 aliphatic heterocycles.